The monoisotopic (exact) mass is 204 g/mol. The van der Waals surface area contributed by atoms with E-state index in [-0.39, 0.29) is 0 Å². The van der Waals surface area contributed by atoms with E-state index >= 15 is 0 Å². The van der Waals surface area contributed by atoms with E-state index in [1.165, 1.54) is 11.6 Å². The first-order chi connectivity index (χ1) is 6.62. The second-order valence-electron chi connectivity index (χ2n) is 4.16. The Morgan fingerprint density at radius 3 is 2.21 bits per heavy atom. The van der Waals surface area contributed by atoms with Gasteiger partial charge in [-0.3, -0.25) is 0 Å². The lowest BCUT2D eigenvalue weighted by atomic mass is 10.4. The van der Waals surface area contributed by atoms with Crippen molar-refractivity contribution in [2.45, 2.75) is 33.4 Å². The molecule has 1 aromatic carbocycles. The van der Waals surface area contributed by atoms with Crippen LogP contribution < -0.4 is 5.19 Å². The van der Waals surface area contributed by atoms with E-state index in [1.54, 1.807) is 5.20 Å². The molecule has 0 bridgehead atoms. The van der Waals surface area contributed by atoms with Gasteiger partial charge in [-0.05, 0) is 13.3 Å². The number of rotatable bonds is 3. The third-order valence-corrected chi connectivity index (χ3v) is 7.05. The van der Waals surface area contributed by atoms with Gasteiger partial charge in [0, 0.05) is 0 Å². The van der Waals surface area contributed by atoms with Gasteiger partial charge in [-0.1, -0.05) is 66.8 Å². The van der Waals surface area contributed by atoms with Crippen LogP contribution in [0, 0.1) is 0 Å². The Kier molecular flexibility index (Phi) is 3.70. The predicted octanol–water partition coefficient (Wildman–Crippen LogP) is 3.50. The van der Waals surface area contributed by atoms with Crippen LogP contribution in [-0.4, -0.2) is 8.07 Å². The lowest BCUT2D eigenvalue weighted by Crippen LogP contribution is -2.43. The lowest BCUT2D eigenvalue weighted by molar-refractivity contribution is 1.16. The SMILES string of the molecule is C/C=C(/CC)[Si](C)(C)c1ccccc1. The van der Waals surface area contributed by atoms with Crippen LogP contribution in [0.15, 0.2) is 41.6 Å². The van der Waals surface area contributed by atoms with Crippen molar-refractivity contribution >= 4 is 13.3 Å². The summed E-state index contributed by atoms with van der Waals surface area (Å²) in [7, 11) is -1.35. The van der Waals surface area contributed by atoms with Gasteiger partial charge >= 0.3 is 0 Å². The Morgan fingerprint density at radius 1 is 1.21 bits per heavy atom. The molecule has 76 valence electrons. The van der Waals surface area contributed by atoms with E-state index in [0.717, 1.165) is 0 Å². The summed E-state index contributed by atoms with van der Waals surface area (Å²) in [5.41, 5.74) is 0. The summed E-state index contributed by atoms with van der Waals surface area (Å²) in [4.78, 5) is 0. The van der Waals surface area contributed by atoms with Gasteiger partial charge in [-0.15, -0.1) is 0 Å². The van der Waals surface area contributed by atoms with Crippen molar-refractivity contribution in [3.63, 3.8) is 0 Å². The van der Waals surface area contributed by atoms with E-state index in [2.05, 4.69) is 63.3 Å². The summed E-state index contributed by atoms with van der Waals surface area (Å²) in [6, 6.07) is 10.9. The van der Waals surface area contributed by atoms with Crippen LogP contribution in [-0.2, 0) is 0 Å². The van der Waals surface area contributed by atoms with Crippen molar-refractivity contribution in [1.29, 1.82) is 0 Å². The Hall–Kier alpha value is -0.823. The Balaban J connectivity index is 3.07. The van der Waals surface area contributed by atoms with E-state index in [9.17, 15) is 0 Å². The van der Waals surface area contributed by atoms with Crippen LogP contribution >= 0.6 is 0 Å². The van der Waals surface area contributed by atoms with E-state index < -0.39 is 8.07 Å². The fourth-order valence-electron chi connectivity index (χ4n) is 2.05. The topological polar surface area (TPSA) is 0 Å². The maximum Gasteiger partial charge on any atom is 0.107 e. The maximum absolute atomic E-state index is 2.43. The maximum atomic E-state index is 2.43. The highest BCUT2D eigenvalue weighted by atomic mass is 28.3. The molecule has 0 N–H and O–H groups in total. The zero-order valence-electron chi connectivity index (χ0n) is 9.67. The van der Waals surface area contributed by atoms with Gasteiger partial charge in [0.1, 0.15) is 8.07 Å². The molecule has 0 saturated carbocycles. The number of hydrogen-bond donors (Lipinski definition) is 0. The number of benzene rings is 1. The molecule has 1 aromatic rings. The van der Waals surface area contributed by atoms with Crippen LogP contribution in [0.2, 0.25) is 13.1 Å². The fraction of sp³-hybridized carbons (Fsp3) is 0.385. The summed E-state index contributed by atoms with van der Waals surface area (Å²) in [6.07, 6.45) is 3.49. The zero-order valence-corrected chi connectivity index (χ0v) is 10.7. The van der Waals surface area contributed by atoms with Crippen molar-refractivity contribution < 1.29 is 0 Å². The van der Waals surface area contributed by atoms with Gasteiger partial charge < -0.3 is 0 Å². The highest BCUT2D eigenvalue weighted by Crippen LogP contribution is 2.17. The molecule has 0 radical (unpaired) electrons. The van der Waals surface area contributed by atoms with Crippen molar-refractivity contribution in [2.24, 2.45) is 0 Å². The first-order valence-electron chi connectivity index (χ1n) is 5.34. The minimum atomic E-state index is -1.35. The number of hydrogen-bond acceptors (Lipinski definition) is 0. The largest absolute Gasteiger partial charge is 0.107 e. The van der Waals surface area contributed by atoms with Gasteiger partial charge in [0.25, 0.3) is 0 Å². The molecule has 1 heteroatoms. The average Bonchev–Trinajstić information content (AvgIpc) is 2.20. The molecule has 14 heavy (non-hydrogen) atoms. The van der Waals surface area contributed by atoms with E-state index in [4.69, 9.17) is 0 Å². The second-order valence-corrected chi connectivity index (χ2v) is 8.63. The smallest absolute Gasteiger partial charge is 0.0920 e. The van der Waals surface area contributed by atoms with Crippen molar-refractivity contribution in [3.8, 4) is 0 Å². The molecular weight excluding hydrogens is 184 g/mol. The highest BCUT2D eigenvalue weighted by Gasteiger charge is 2.25. The van der Waals surface area contributed by atoms with Gasteiger partial charge in [-0.25, -0.2) is 0 Å². The summed E-state index contributed by atoms with van der Waals surface area (Å²) >= 11 is 0. The van der Waals surface area contributed by atoms with Crippen LogP contribution in [0.3, 0.4) is 0 Å². The van der Waals surface area contributed by atoms with Gasteiger partial charge in [-0.2, -0.15) is 0 Å². The molecule has 0 unspecified atom stereocenters. The number of allylic oxidation sites excluding steroid dienone is 2. The molecule has 0 atom stereocenters. The lowest BCUT2D eigenvalue weighted by Gasteiger charge is -2.25. The van der Waals surface area contributed by atoms with Crippen LogP contribution in [0.5, 0.6) is 0 Å². The average molecular weight is 204 g/mol. The minimum Gasteiger partial charge on any atom is -0.0920 e. The van der Waals surface area contributed by atoms with Crippen LogP contribution in [0.25, 0.3) is 0 Å². The summed E-state index contributed by atoms with van der Waals surface area (Å²) in [6.45, 7) is 9.28. The van der Waals surface area contributed by atoms with E-state index in [0.29, 0.717) is 0 Å². The molecule has 0 aliphatic heterocycles. The van der Waals surface area contributed by atoms with Gasteiger partial charge in [0.05, 0.1) is 0 Å². The van der Waals surface area contributed by atoms with Crippen molar-refractivity contribution in [1.82, 2.24) is 0 Å². The quantitative estimate of drug-likeness (QED) is 0.661. The Labute approximate surface area is 88.7 Å². The molecule has 0 nitrogen and oxygen atoms in total. The molecule has 0 fully saturated rings. The first-order valence-corrected chi connectivity index (χ1v) is 8.34. The van der Waals surface area contributed by atoms with E-state index in [1.807, 2.05) is 0 Å². The van der Waals surface area contributed by atoms with Gasteiger partial charge in [0.15, 0.2) is 0 Å². The summed E-state index contributed by atoms with van der Waals surface area (Å²) in [5.74, 6) is 0. The molecule has 0 aliphatic rings. The molecule has 1 rings (SSSR count). The zero-order chi connectivity index (χ0) is 10.6. The van der Waals surface area contributed by atoms with Crippen LogP contribution in [0.4, 0.5) is 0 Å². The molecular formula is C13H20Si. The van der Waals surface area contributed by atoms with Gasteiger partial charge in [0.2, 0.25) is 0 Å². The molecule has 0 spiro atoms. The molecule has 0 amide bonds. The molecule has 0 saturated heterocycles. The standard InChI is InChI=1S/C13H20Si/c1-5-12(6-2)14(3,4)13-10-8-7-9-11-13/h5,7-11H,6H2,1-4H3/b12-5-. The third kappa shape index (κ3) is 2.15. The Bertz CT molecular complexity index is 309. The summed E-state index contributed by atoms with van der Waals surface area (Å²) in [5, 5.41) is 3.18. The fourth-order valence-corrected chi connectivity index (χ4v) is 5.05. The third-order valence-electron chi connectivity index (χ3n) is 3.03. The normalized spacial score (nSPS) is 13.0. The van der Waals surface area contributed by atoms with Crippen molar-refractivity contribution in [2.75, 3.05) is 0 Å². The van der Waals surface area contributed by atoms with Crippen molar-refractivity contribution in [3.05, 3.63) is 41.6 Å². The summed E-state index contributed by atoms with van der Waals surface area (Å²) < 4.78 is 0. The highest BCUT2D eigenvalue weighted by molar-refractivity contribution is 6.95. The predicted molar refractivity (Wildman–Crippen MR) is 67.6 cm³/mol. The van der Waals surface area contributed by atoms with Crippen LogP contribution in [0.1, 0.15) is 20.3 Å². The molecule has 0 aliphatic carbocycles. The molecule has 0 heterocycles. The minimum absolute atomic E-state index is 1.19. The molecule has 0 aromatic heterocycles. The Morgan fingerprint density at radius 2 is 1.79 bits per heavy atom. The second kappa shape index (κ2) is 4.60. The first kappa shape index (κ1) is 11.3.